The summed E-state index contributed by atoms with van der Waals surface area (Å²) in [5.74, 6) is 0.400. The van der Waals surface area contributed by atoms with Crippen LogP contribution in [0, 0.1) is 12.8 Å². The van der Waals surface area contributed by atoms with Gasteiger partial charge in [0.25, 0.3) is 0 Å². The number of nitrogens with one attached hydrogen (secondary N) is 2. The number of rotatable bonds is 4. The molecule has 1 heterocycles. The lowest BCUT2D eigenvalue weighted by Crippen LogP contribution is -2.37. The minimum atomic E-state index is 0. The van der Waals surface area contributed by atoms with Gasteiger partial charge >= 0.3 is 0 Å². The number of hydrogen-bond donors (Lipinski definition) is 2. The van der Waals surface area contributed by atoms with Gasteiger partial charge in [0.2, 0.25) is 5.91 Å². The third kappa shape index (κ3) is 2.99. The van der Waals surface area contributed by atoms with Gasteiger partial charge in [-0.3, -0.25) is 4.79 Å². The molecule has 0 radical (unpaired) electrons. The molecule has 110 valence electrons. The molecule has 1 aromatic rings. The van der Waals surface area contributed by atoms with Crippen molar-refractivity contribution in [2.75, 3.05) is 19.6 Å². The molecule has 1 saturated carbocycles. The SMILES string of the molecule is Cc1ccccc1C1(CNC(=O)C2CCNC2)CC1.Cl. The summed E-state index contributed by atoms with van der Waals surface area (Å²) < 4.78 is 0. The molecule has 1 amide bonds. The first kappa shape index (κ1) is 15.3. The van der Waals surface area contributed by atoms with E-state index in [0.717, 1.165) is 26.1 Å². The summed E-state index contributed by atoms with van der Waals surface area (Å²) >= 11 is 0. The summed E-state index contributed by atoms with van der Waals surface area (Å²) in [4.78, 5) is 12.1. The second-order valence-electron chi connectivity index (χ2n) is 6.00. The van der Waals surface area contributed by atoms with E-state index in [4.69, 9.17) is 0 Å². The highest BCUT2D eigenvalue weighted by molar-refractivity contribution is 5.85. The maximum atomic E-state index is 12.1. The van der Waals surface area contributed by atoms with Gasteiger partial charge in [0, 0.05) is 18.5 Å². The Kier molecular flexibility index (Phi) is 4.71. The number of halogens is 1. The van der Waals surface area contributed by atoms with E-state index in [9.17, 15) is 4.79 Å². The van der Waals surface area contributed by atoms with Gasteiger partial charge in [-0.2, -0.15) is 0 Å². The molecular formula is C16H23ClN2O. The van der Waals surface area contributed by atoms with Crippen LogP contribution in [-0.2, 0) is 10.2 Å². The summed E-state index contributed by atoms with van der Waals surface area (Å²) in [5, 5.41) is 6.42. The van der Waals surface area contributed by atoms with E-state index >= 15 is 0 Å². The van der Waals surface area contributed by atoms with Crippen molar-refractivity contribution in [3.05, 3.63) is 35.4 Å². The van der Waals surface area contributed by atoms with Crippen LogP contribution < -0.4 is 10.6 Å². The lowest BCUT2D eigenvalue weighted by Gasteiger charge is -2.20. The van der Waals surface area contributed by atoms with Crippen molar-refractivity contribution in [3.8, 4) is 0 Å². The Balaban J connectivity index is 0.00000147. The van der Waals surface area contributed by atoms with Crippen LogP contribution in [0.1, 0.15) is 30.4 Å². The number of hydrogen-bond acceptors (Lipinski definition) is 2. The monoisotopic (exact) mass is 294 g/mol. The first-order valence-electron chi connectivity index (χ1n) is 7.26. The molecule has 1 saturated heterocycles. The Morgan fingerprint density at radius 2 is 2.15 bits per heavy atom. The zero-order valence-electron chi connectivity index (χ0n) is 11.9. The molecule has 3 rings (SSSR count). The molecule has 1 unspecified atom stereocenters. The zero-order valence-corrected chi connectivity index (χ0v) is 12.8. The molecule has 1 atom stereocenters. The summed E-state index contributed by atoms with van der Waals surface area (Å²) in [6.07, 6.45) is 3.37. The Morgan fingerprint density at radius 1 is 1.40 bits per heavy atom. The van der Waals surface area contributed by atoms with Gasteiger partial charge in [-0.15, -0.1) is 12.4 Å². The molecule has 0 bridgehead atoms. The molecule has 4 heteroatoms. The number of aryl methyl sites for hydroxylation is 1. The molecule has 2 fully saturated rings. The molecule has 2 aliphatic rings. The van der Waals surface area contributed by atoms with E-state index in [-0.39, 0.29) is 29.6 Å². The van der Waals surface area contributed by atoms with Crippen LogP contribution in [0.3, 0.4) is 0 Å². The van der Waals surface area contributed by atoms with Gasteiger partial charge in [0.1, 0.15) is 0 Å². The van der Waals surface area contributed by atoms with Gasteiger partial charge in [0.05, 0.1) is 5.92 Å². The van der Waals surface area contributed by atoms with Crippen molar-refractivity contribution in [2.45, 2.75) is 31.6 Å². The standard InChI is InChI=1S/C16H22N2O.ClH/c1-12-4-2-3-5-14(12)16(7-8-16)11-18-15(19)13-6-9-17-10-13;/h2-5,13,17H,6-11H2,1H3,(H,18,19);1H. The quantitative estimate of drug-likeness (QED) is 0.894. The molecule has 0 spiro atoms. The van der Waals surface area contributed by atoms with Crippen molar-refractivity contribution in [3.63, 3.8) is 0 Å². The molecule has 3 nitrogen and oxygen atoms in total. The maximum absolute atomic E-state index is 12.1. The van der Waals surface area contributed by atoms with Crippen molar-refractivity contribution in [2.24, 2.45) is 5.92 Å². The van der Waals surface area contributed by atoms with Crippen LogP contribution >= 0.6 is 12.4 Å². The van der Waals surface area contributed by atoms with E-state index in [0.29, 0.717) is 0 Å². The minimum absolute atomic E-state index is 0. The molecular weight excluding hydrogens is 272 g/mol. The number of benzene rings is 1. The van der Waals surface area contributed by atoms with Crippen LogP contribution in [0.2, 0.25) is 0 Å². The minimum Gasteiger partial charge on any atom is -0.355 e. The predicted molar refractivity (Wildman–Crippen MR) is 83.3 cm³/mol. The first-order valence-corrected chi connectivity index (χ1v) is 7.26. The topological polar surface area (TPSA) is 41.1 Å². The molecule has 1 aliphatic heterocycles. The van der Waals surface area contributed by atoms with Crippen LogP contribution in [0.4, 0.5) is 0 Å². The fourth-order valence-electron chi connectivity index (χ4n) is 3.14. The molecule has 1 aromatic carbocycles. The largest absolute Gasteiger partial charge is 0.355 e. The Hall–Kier alpha value is -1.06. The highest BCUT2D eigenvalue weighted by Crippen LogP contribution is 2.48. The third-order valence-electron chi connectivity index (χ3n) is 4.60. The van der Waals surface area contributed by atoms with E-state index in [1.54, 1.807) is 0 Å². The van der Waals surface area contributed by atoms with Gasteiger partial charge in [-0.05, 0) is 43.9 Å². The second-order valence-corrected chi connectivity index (χ2v) is 6.00. The third-order valence-corrected chi connectivity index (χ3v) is 4.60. The maximum Gasteiger partial charge on any atom is 0.224 e. The van der Waals surface area contributed by atoms with Gasteiger partial charge in [-0.25, -0.2) is 0 Å². The van der Waals surface area contributed by atoms with Gasteiger partial charge in [0.15, 0.2) is 0 Å². The summed E-state index contributed by atoms with van der Waals surface area (Å²) in [5.41, 5.74) is 2.98. The Bertz CT molecular complexity index is 479. The average Bonchev–Trinajstić information content (AvgIpc) is 3.00. The fourth-order valence-corrected chi connectivity index (χ4v) is 3.14. The van der Waals surface area contributed by atoms with Crippen LogP contribution in [0.25, 0.3) is 0 Å². The Morgan fingerprint density at radius 3 is 2.75 bits per heavy atom. The summed E-state index contributed by atoms with van der Waals surface area (Å²) in [6.45, 7) is 4.77. The van der Waals surface area contributed by atoms with E-state index < -0.39 is 0 Å². The van der Waals surface area contributed by atoms with E-state index in [1.165, 1.54) is 24.0 Å². The number of carbonyl (C=O) groups excluding carboxylic acids is 1. The molecule has 2 N–H and O–H groups in total. The lowest BCUT2D eigenvalue weighted by molar-refractivity contribution is -0.124. The zero-order chi connectivity index (χ0) is 13.3. The highest BCUT2D eigenvalue weighted by atomic mass is 35.5. The van der Waals surface area contributed by atoms with Crippen molar-refractivity contribution < 1.29 is 4.79 Å². The van der Waals surface area contributed by atoms with Crippen molar-refractivity contribution in [1.82, 2.24) is 10.6 Å². The molecule has 1 aliphatic carbocycles. The number of amides is 1. The summed E-state index contributed by atoms with van der Waals surface area (Å²) in [7, 11) is 0. The molecule has 20 heavy (non-hydrogen) atoms. The Labute approximate surface area is 126 Å². The fraction of sp³-hybridized carbons (Fsp3) is 0.562. The van der Waals surface area contributed by atoms with Crippen molar-refractivity contribution in [1.29, 1.82) is 0 Å². The van der Waals surface area contributed by atoms with Gasteiger partial charge in [-0.1, -0.05) is 24.3 Å². The summed E-state index contributed by atoms with van der Waals surface area (Å²) in [6, 6.07) is 8.56. The highest BCUT2D eigenvalue weighted by Gasteiger charge is 2.45. The smallest absolute Gasteiger partial charge is 0.224 e. The number of carbonyl (C=O) groups is 1. The second kappa shape index (κ2) is 6.15. The van der Waals surface area contributed by atoms with E-state index in [1.807, 2.05) is 0 Å². The average molecular weight is 295 g/mol. The predicted octanol–water partition coefficient (Wildman–Crippen LogP) is 2.17. The van der Waals surface area contributed by atoms with E-state index in [2.05, 4.69) is 41.8 Å². The first-order chi connectivity index (χ1) is 9.21. The van der Waals surface area contributed by atoms with Crippen LogP contribution in [0.5, 0.6) is 0 Å². The van der Waals surface area contributed by atoms with Crippen LogP contribution in [0.15, 0.2) is 24.3 Å². The van der Waals surface area contributed by atoms with Gasteiger partial charge < -0.3 is 10.6 Å². The molecule has 0 aromatic heterocycles. The van der Waals surface area contributed by atoms with Crippen molar-refractivity contribution >= 4 is 18.3 Å². The normalized spacial score (nSPS) is 22.9. The van der Waals surface area contributed by atoms with Crippen LogP contribution in [-0.4, -0.2) is 25.5 Å². The lowest BCUT2D eigenvalue weighted by atomic mass is 9.91.